The van der Waals surface area contributed by atoms with Crippen molar-refractivity contribution in [2.45, 2.75) is 0 Å². The van der Waals surface area contributed by atoms with Gasteiger partial charge in [0.1, 0.15) is 5.52 Å². The van der Waals surface area contributed by atoms with Crippen molar-refractivity contribution in [1.82, 2.24) is 19.9 Å². The van der Waals surface area contributed by atoms with E-state index in [4.69, 9.17) is 11.6 Å². The Bertz CT molecular complexity index is 740. The second kappa shape index (κ2) is 4.66. The van der Waals surface area contributed by atoms with Gasteiger partial charge in [-0.05, 0) is 12.1 Å². The molecule has 6 nitrogen and oxygen atoms in total. The van der Waals surface area contributed by atoms with Gasteiger partial charge in [-0.15, -0.1) is 0 Å². The number of hydrogen-bond donors (Lipinski definition) is 2. The number of hydrogen-bond acceptors (Lipinski definition) is 4. The lowest BCUT2D eigenvalue weighted by atomic mass is 10.2. The smallest absolute Gasteiger partial charge is 0.258 e. The van der Waals surface area contributed by atoms with Crippen LogP contribution in [0.3, 0.4) is 0 Å². The number of benzene rings is 1. The van der Waals surface area contributed by atoms with Crippen LogP contribution in [0.2, 0.25) is 5.15 Å². The zero-order valence-corrected chi connectivity index (χ0v) is 10.3. The third-order valence-corrected chi connectivity index (χ3v) is 2.78. The summed E-state index contributed by atoms with van der Waals surface area (Å²) in [5.41, 5.74) is 1.46. The number of fused-ring (bicyclic) bond motifs is 1. The average molecular weight is 274 g/mol. The highest BCUT2D eigenvalue weighted by Gasteiger charge is 2.11. The molecule has 1 amide bonds. The normalized spacial score (nSPS) is 10.6. The van der Waals surface area contributed by atoms with Gasteiger partial charge in [-0.2, -0.15) is 9.97 Å². The zero-order chi connectivity index (χ0) is 13.2. The molecule has 3 rings (SSSR count). The fourth-order valence-electron chi connectivity index (χ4n) is 1.62. The fourth-order valence-corrected chi connectivity index (χ4v) is 1.84. The zero-order valence-electron chi connectivity index (χ0n) is 9.59. The van der Waals surface area contributed by atoms with Crippen LogP contribution in [0.5, 0.6) is 0 Å². The van der Waals surface area contributed by atoms with E-state index in [9.17, 15) is 4.79 Å². The van der Waals surface area contributed by atoms with E-state index in [0.29, 0.717) is 16.7 Å². The molecular formula is C12H8ClN5O. The van der Waals surface area contributed by atoms with Gasteiger partial charge in [0.05, 0.1) is 6.33 Å². The maximum atomic E-state index is 11.9. The second-order valence-electron chi connectivity index (χ2n) is 3.76. The van der Waals surface area contributed by atoms with E-state index in [-0.39, 0.29) is 17.0 Å². The molecule has 0 radical (unpaired) electrons. The number of H-pyrrole nitrogens is 1. The van der Waals surface area contributed by atoms with Gasteiger partial charge in [0.2, 0.25) is 5.95 Å². The van der Waals surface area contributed by atoms with Crippen LogP contribution >= 0.6 is 11.6 Å². The minimum Gasteiger partial charge on any atom is -0.341 e. The summed E-state index contributed by atoms with van der Waals surface area (Å²) in [5.74, 6) is -0.176. The van der Waals surface area contributed by atoms with E-state index < -0.39 is 0 Å². The lowest BCUT2D eigenvalue weighted by Crippen LogP contribution is -2.14. The molecule has 0 aliphatic heterocycles. The van der Waals surface area contributed by atoms with E-state index in [2.05, 4.69) is 25.3 Å². The van der Waals surface area contributed by atoms with Crippen LogP contribution in [0, 0.1) is 0 Å². The first kappa shape index (κ1) is 11.6. The first-order valence-electron chi connectivity index (χ1n) is 5.47. The molecule has 1 aromatic carbocycles. The highest BCUT2D eigenvalue weighted by molar-refractivity contribution is 6.33. The Morgan fingerprint density at radius 3 is 2.79 bits per heavy atom. The first-order chi connectivity index (χ1) is 9.24. The van der Waals surface area contributed by atoms with Crippen LogP contribution in [0.15, 0.2) is 36.7 Å². The Kier molecular flexibility index (Phi) is 2.85. The highest BCUT2D eigenvalue weighted by Crippen LogP contribution is 2.18. The number of nitrogens with one attached hydrogen (secondary N) is 2. The Morgan fingerprint density at radius 2 is 2.00 bits per heavy atom. The van der Waals surface area contributed by atoms with E-state index in [1.165, 1.54) is 6.33 Å². The molecule has 0 unspecified atom stereocenters. The monoisotopic (exact) mass is 273 g/mol. The van der Waals surface area contributed by atoms with Crippen molar-refractivity contribution in [2.75, 3.05) is 5.32 Å². The molecular weight excluding hydrogens is 266 g/mol. The summed E-state index contributed by atoms with van der Waals surface area (Å²) in [4.78, 5) is 26.8. The van der Waals surface area contributed by atoms with Crippen LogP contribution in [0.1, 0.15) is 10.4 Å². The van der Waals surface area contributed by atoms with Crippen LogP contribution in [-0.4, -0.2) is 25.8 Å². The minimum absolute atomic E-state index is 0.124. The predicted molar refractivity (Wildman–Crippen MR) is 71.1 cm³/mol. The molecule has 0 bridgehead atoms. The summed E-state index contributed by atoms with van der Waals surface area (Å²) in [6.45, 7) is 0. The summed E-state index contributed by atoms with van der Waals surface area (Å²) in [6.07, 6.45) is 1.47. The number of aromatic amines is 1. The summed E-state index contributed by atoms with van der Waals surface area (Å²) in [7, 11) is 0. The Balaban J connectivity index is 1.91. The molecule has 2 heterocycles. The van der Waals surface area contributed by atoms with Crippen LogP contribution in [0.4, 0.5) is 5.95 Å². The van der Waals surface area contributed by atoms with Gasteiger partial charge in [-0.25, -0.2) is 4.98 Å². The fraction of sp³-hybridized carbons (Fsp3) is 0. The van der Waals surface area contributed by atoms with Gasteiger partial charge in [0.15, 0.2) is 10.8 Å². The number of carbonyl (C=O) groups is 1. The maximum Gasteiger partial charge on any atom is 0.258 e. The van der Waals surface area contributed by atoms with E-state index in [1.54, 1.807) is 24.3 Å². The van der Waals surface area contributed by atoms with Crippen LogP contribution < -0.4 is 5.32 Å². The van der Waals surface area contributed by atoms with Crippen molar-refractivity contribution in [2.24, 2.45) is 0 Å². The summed E-state index contributed by atoms with van der Waals surface area (Å²) < 4.78 is 0. The van der Waals surface area contributed by atoms with Gasteiger partial charge >= 0.3 is 0 Å². The van der Waals surface area contributed by atoms with Crippen molar-refractivity contribution in [1.29, 1.82) is 0 Å². The summed E-state index contributed by atoms with van der Waals surface area (Å²) >= 11 is 5.96. The van der Waals surface area contributed by atoms with Crippen molar-refractivity contribution in [3.8, 4) is 0 Å². The van der Waals surface area contributed by atoms with Gasteiger partial charge in [0.25, 0.3) is 5.91 Å². The number of aromatic nitrogens is 4. The lowest BCUT2D eigenvalue weighted by molar-refractivity contribution is 0.102. The molecule has 0 saturated carbocycles. The first-order valence-corrected chi connectivity index (χ1v) is 5.85. The van der Waals surface area contributed by atoms with Gasteiger partial charge < -0.3 is 4.98 Å². The van der Waals surface area contributed by atoms with E-state index in [0.717, 1.165) is 0 Å². The SMILES string of the molecule is O=C(Nc1nc(Cl)c2[nH]cnc2n1)c1ccccc1. The molecule has 94 valence electrons. The molecule has 19 heavy (non-hydrogen) atoms. The van der Waals surface area contributed by atoms with Gasteiger partial charge in [-0.3, -0.25) is 10.1 Å². The maximum absolute atomic E-state index is 11.9. The number of halogens is 1. The third kappa shape index (κ3) is 2.25. The molecule has 7 heteroatoms. The van der Waals surface area contributed by atoms with Gasteiger partial charge in [0, 0.05) is 5.56 Å². The predicted octanol–water partition coefficient (Wildman–Crippen LogP) is 2.26. The summed E-state index contributed by atoms with van der Waals surface area (Å²) in [6, 6.07) is 8.78. The average Bonchev–Trinajstić information content (AvgIpc) is 2.88. The lowest BCUT2D eigenvalue weighted by Gasteiger charge is -2.03. The molecule has 0 spiro atoms. The number of nitrogens with zero attached hydrogens (tertiary/aromatic N) is 3. The van der Waals surface area contributed by atoms with Crippen molar-refractivity contribution < 1.29 is 4.79 Å². The summed E-state index contributed by atoms with van der Waals surface area (Å²) in [5, 5.41) is 2.80. The Morgan fingerprint density at radius 1 is 1.21 bits per heavy atom. The molecule has 2 N–H and O–H groups in total. The molecule has 0 aliphatic carbocycles. The highest BCUT2D eigenvalue weighted by atomic mass is 35.5. The number of carbonyl (C=O) groups excluding carboxylic acids is 1. The standard InChI is InChI=1S/C12H8ClN5O/c13-9-8-10(15-6-14-8)17-12(16-9)18-11(19)7-4-2-1-3-5-7/h1-6H,(H2,14,15,16,17,18,19). The Hall–Kier alpha value is -2.47. The Labute approximate surface area is 112 Å². The quantitative estimate of drug-likeness (QED) is 0.702. The van der Waals surface area contributed by atoms with Gasteiger partial charge in [-0.1, -0.05) is 29.8 Å². The number of imidazole rings is 1. The minimum atomic E-state index is -0.299. The number of anilines is 1. The molecule has 3 aromatic rings. The molecule has 0 fully saturated rings. The molecule has 0 atom stereocenters. The van der Waals surface area contributed by atoms with Crippen LogP contribution in [-0.2, 0) is 0 Å². The van der Waals surface area contributed by atoms with Crippen molar-refractivity contribution in [3.63, 3.8) is 0 Å². The topological polar surface area (TPSA) is 83.6 Å². The van der Waals surface area contributed by atoms with E-state index >= 15 is 0 Å². The largest absolute Gasteiger partial charge is 0.341 e. The second-order valence-corrected chi connectivity index (χ2v) is 4.12. The van der Waals surface area contributed by atoms with Crippen molar-refractivity contribution >= 4 is 34.6 Å². The molecule has 0 saturated heterocycles. The molecule has 0 aliphatic rings. The number of amides is 1. The van der Waals surface area contributed by atoms with Crippen molar-refractivity contribution in [3.05, 3.63) is 47.4 Å². The van der Waals surface area contributed by atoms with E-state index in [1.807, 2.05) is 6.07 Å². The van der Waals surface area contributed by atoms with Crippen LogP contribution in [0.25, 0.3) is 11.2 Å². The number of rotatable bonds is 2. The molecule has 2 aromatic heterocycles. The third-order valence-electron chi connectivity index (χ3n) is 2.50.